The molecular weight excluding hydrogens is 176 g/mol. The highest BCUT2D eigenvalue weighted by Crippen LogP contribution is 2.19. The highest BCUT2D eigenvalue weighted by atomic mass is 16.5. The third kappa shape index (κ3) is 1.52. The molecule has 0 unspecified atom stereocenters. The van der Waals surface area contributed by atoms with E-state index in [1.54, 1.807) is 7.11 Å². The summed E-state index contributed by atoms with van der Waals surface area (Å²) in [5.41, 5.74) is 9.00. The van der Waals surface area contributed by atoms with Crippen LogP contribution in [0.2, 0.25) is 0 Å². The van der Waals surface area contributed by atoms with E-state index >= 15 is 0 Å². The molecule has 0 aliphatic rings. The van der Waals surface area contributed by atoms with Crippen molar-refractivity contribution in [3.05, 3.63) is 35.5 Å². The molecule has 0 fully saturated rings. The van der Waals surface area contributed by atoms with Crippen LogP contribution in [-0.2, 0) is 17.9 Å². The van der Waals surface area contributed by atoms with Crippen LogP contribution < -0.4 is 5.73 Å². The smallest absolute Gasteiger partial charge is 0.0862 e. The van der Waals surface area contributed by atoms with E-state index in [9.17, 15) is 0 Å². The topological polar surface area (TPSA) is 51.0 Å². The zero-order chi connectivity index (χ0) is 9.97. The van der Waals surface area contributed by atoms with E-state index in [1.165, 1.54) is 5.39 Å². The molecule has 3 heteroatoms. The quantitative estimate of drug-likeness (QED) is 0.775. The minimum atomic E-state index is 0.560. The van der Waals surface area contributed by atoms with Crippen molar-refractivity contribution in [2.75, 3.05) is 7.11 Å². The van der Waals surface area contributed by atoms with Crippen LogP contribution in [0.5, 0.6) is 0 Å². The predicted octanol–water partition coefficient (Wildman–Crippen LogP) is 1.77. The lowest BCUT2D eigenvalue weighted by Gasteiger charge is -1.98. The Bertz CT molecular complexity index is 434. The molecule has 0 saturated carbocycles. The number of para-hydroxylation sites is 1. The van der Waals surface area contributed by atoms with Gasteiger partial charge in [-0.25, -0.2) is 0 Å². The van der Waals surface area contributed by atoms with Crippen LogP contribution in [0, 0.1) is 0 Å². The second-order valence-electron chi connectivity index (χ2n) is 3.31. The van der Waals surface area contributed by atoms with Gasteiger partial charge in [-0.15, -0.1) is 0 Å². The number of nitrogens with one attached hydrogen (secondary N) is 1. The first kappa shape index (κ1) is 9.24. The van der Waals surface area contributed by atoms with Crippen LogP contribution >= 0.6 is 0 Å². The van der Waals surface area contributed by atoms with Gasteiger partial charge < -0.3 is 15.5 Å². The molecule has 0 bridgehead atoms. The highest BCUT2D eigenvalue weighted by Gasteiger charge is 2.03. The van der Waals surface area contributed by atoms with Gasteiger partial charge in [-0.2, -0.15) is 0 Å². The Kier molecular flexibility index (Phi) is 2.52. The van der Waals surface area contributed by atoms with Gasteiger partial charge >= 0.3 is 0 Å². The van der Waals surface area contributed by atoms with Crippen LogP contribution in [0.25, 0.3) is 10.9 Å². The monoisotopic (exact) mass is 190 g/mol. The zero-order valence-electron chi connectivity index (χ0n) is 8.21. The molecule has 14 heavy (non-hydrogen) atoms. The summed E-state index contributed by atoms with van der Waals surface area (Å²) >= 11 is 0. The van der Waals surface area contributed by atoms with Gasteiger partial charge in [0, 0.05) is 24.7 Å². The van der Waals surface area contributed by atoms with Gasteiger partial charge in [0.25, 0.3) is 0 Å². The van der Waals surface area contributed by atoms with Crippen molar-refractivity contribution in [2.24, 2.45) is 5.73 Å². The lowest BCUT2D eigenvalue weighted by molar-refractivity contribution is 0.182. The average molecular weight is 190 g/mol. The Morgan fingerprint density at radius 2 is 2.29 bits per heavy atom. The molecule has 0 spiro atoms. The van der Waals surface area contributed by atoms with E-state index in [0.717, 1.165) is 16.8 Å². The molecule has 0 aliphatic carbocycles. The predicted molar refractivity (Wildman–Crippen MR) is 56.9 cm³/mol. The van der Waals surface area contributed by atoms with Crippen LogP contribution in [0.3, 0.4) is 0 Å². The molecule has 1 aromatic heterocycles. The SMILES string of the molecule is COCc1cc2cccc(CN)c2[nH]1. The van der Waals surface area contributed by atoms with Gasteiger partial charge in [-0.05, 0) is 11.6 Å². The molecule has 0 radical (unpaired) electrons. The molecule has 3 N–H and O–H groups in total. The van der Waals surface area contributed by atoms with E-state index in [0.29, 0.717) is 13.2 Å². The van der Waals surface area contributed by atoms with E-state index in [-0.39, 0.29) is 0 Å². The first-order valence-electron chi connectivity index (χ1n) is 4.63. The second-order valence-corrected chi connectivity index (χ2v) is 3.31. The van der Waals surface area contributed by atoms with Gasteiger partial charge in [-0.3, -0.25) is 0 Å². The van der Waals surface area contributed by atoms with Crippen molar-refractivity contribution in [1.82, 2.24) is 4.98 Å². The molecule has 0 amide bonds. The van der Waals surface area contributed by atoms with Crippen LogP contribution in [0.1, 0.15) is 11.3 Å². The Hall–Kier alpha value is -1.32. The number of hydrogen-bond acceptors (Lipinski definition) is 2. The fraction of sp³-hybridized carbons (Fsp3) is 0.273. The normalized spacial score (nSPS) is 11.0. The maximum absolute atomic E-state index is 5.65. The number of H-pyrrole nitrogens is 1. The fourth-order valence-electron chi connectivity index (χ4n) is 1.68. The molecular formula is C11H14N2O. The number of nitrogens with two attached hydrogens (primary N) is 1. The number of aromatic nitrogens is 1. The lowest BCUT2D eigenvalue weighted by Crippen LogP contribution is -1.96. The zero-order valence-corrected chi connectivity index (χ0v) is 8.21. The summed E-state index contributed by atoms with van der Waals surface area (Å²) in [5.74, 6) is 0. The molecule has 3 nitrogen and oxygen atoms in total. The van der Waals surface area contributed by atoms with Crippen molar-refractivity contribution in [3.63, 3.8) is 0 Å². The Balaban J connectivity index is 2.52. The van der Waals surface area contributed by atoms with E-state index in [1.807, 2.05) is 12.1 Å². The molecule has 0 atom stereocenters. The van der Waals surface area contributed by atoms with Crippen LogP contribution in [0.4, 0.5) is 0 Å². The number of benzene rings is 1. The summed E-state index contributed by atoms with van der Waals surface area (Å²) in [4.78, 5) is 3.31. The molecule has 0 aliphatic heterocycles. The summed E-state index contributed by atoms with van der Waals surface area (Å²) in [6.45, 7) is 1.17. The Morgan fingerprint density at radius 3 is 3.00 bits per heavy atom. The average Bonchev–Trinajstić information content (AvgIpc) is 2.60. The van der Waals surface area contributed by atoms with Crippen molar-refractivity contribution in [2.45, 2.75) is 13.2 Å². The van der Waals surface area contributed by atoms with Crippen LogP contribution in [0.15, 0.2) is 24.3 Å². The first-order chi connectivity index (χ1) is 6.85. The molecule has 1 aromatic carbocycles. The molecule has 1 heterocycles. The lowest BCUT2D eigenvalue weighted by atomic mass is 10.1. The Morgan fingerprint density at radius 1 is 1.43 bits per heavy atom. The van der Waals surface area contributed by atoms with E-state index < -0.39 is 0 Å². The summed E-state index contributed by atoms with van der Waals surface area (Å²) in [5, 5.41) is 1.19. The number of hydrogen-bond donors (Lipinski definition) is 2. The number of aromatic amines is 1. The van der Waals surface area contributed by atoms with E-state index in [2.05, 4.69) is 17.1 Å². The van der Waals surface area contributed by atoms with E-state index in [4.69, 9.17) is 10.5 Å². The highest BCUT2D eigenvalue weighted by molar-refractivity contribution is 5.83. The Labute approximate surface area is 82.9 Å². The minimum Gasteiger partial charge on any atom is -0.378 e. The summed E-state index contributed by atoms with van der Waals surface area (Å²) < 4.78 is 5.07. The molecule has 0 saturated heterocycles. The van der Waals surface area contributed by atoms with Crippen molar-refractivity contribution in [3.8, 4) is 0 Å². The van der Waals surface area contributed by atoms with Gasteiger partial charge in [0.1, 0.15) is 0 Å². The van der Waals surface area contributed by atoms with Crippen molar-refractivity contribution < 1.29 is 4.74 Å². The number of methoxy groups -OCH3 is 1. The van der Waals surface area contributed by atoms with Gasteiger partial charge in [0.15, 0.2) is 0 Å². The largest absolute Gasteiger partial charge is 0.378 e. The number of rotatable bonds is 3. The molecule has 74 valence electrons. The first-order valence-corrected chi connectivity index (χ1v) is 4.63. The second kappa shape index (κ2) is 3.82. The number of fused-ring (bicyclic) bond motifs is 1. The van der Waals surface area contributed by atoms with Crippen molar-refractivity contribution in [1.29, 1.82) is 0 Å². The molecule has 2 aromatic rings. The van der Waals surface area contributed by atoms with Gasteiger partial charge in [-0.1, -0.05) is 18.2 Å². The summed E-state index contributed by atoms with van der Waals surface area (Å²) in [7, 11) is 1.69. The molecule has 2 rings (SSSR count). The third-order valence-electron chi connectivity index (χ3n) is 2.32. The van der Waals surface area contributed by atoms with Gasteiger partial charge in [0.05, 0.1) is 12.1 Å². The van der Waals surface area contributed by atoms with Crippen molar-refractivity contribution >= 4 is 10.9 Å². The standard InChI is InChI=1S/C11H14N2O/c1-14-7-10-5-8-3-2-4-9(6-12)11(8)13-10/h2-5,13H,6-7,12H2,1H3. The van der Waals surface area contributed by atoms with Gasteiger partial charge in [0.2, 0.25) is 0 Å². The maximum Gasteiger partial charge on any atom is 0.0862 e. The maximum atomic E-state index is 5.65. The fourth-order valence-corrected chi connectivity index (χ4v) is 1.68. The number of ether oxygens (including phenoxy) is 1. The third-order valence-corrected chi connectivity index (χ3v) is 2.32. The summed E-state index contributed by atoms with van der Waals surface area (Å²) in [6, 6.07) is 8.23. The minimum absolute atomic E-state index is 0.560. The van der Waals surface area contributed by atoms with Crippen LogP contribution in [-0.4, -0.2) is 12.1 Å². The summed E-state index contributed by atoms with van der Waals surface area (Å²) in [6.07, 6.45) is 0.